The lowest BCUT2D eigenvalue weighted by atomic mass is 9.80. The monoisotopic (exact) mass is 475 g/mol. The van der Waals surface area contributed by atoms with Crippen molar-refractivity contribution in [3.63, 3.8) is 0 Å². The van der Waals surface area contributed by atoms with Crippen molar-refractivity contribution in [2.24, 2.45) is 11.8 Å². The van der Waals surface area contributed by atoms with Gasteiger partial charge in [-0.05, 0) is 60.2 Å². The Morgan fingerprint density at radius 3 is 2.53 bits per heavy atom. The summed E-state index contributed by atoms with van der Waals surface area (Å²) in [6.45, 7) is 0. The van der Waals surface area contributed by atoms with E-state index in [2.05, 4.69) is 10.7 Å². The van der Waals surface area contributed by atoms with Gasteiger partial charge in [-0.25, -0.2) is 9.40 Å². The number of hydrogen-bond acceptors (Lipinski definition) is 4. The number of nitrogens with zero attached hydrogens (tertiary/aromatic N) is 1. The molecule has 0 spiro atoms. The third-order valence-corrected chi connectivity index (χ3v) is 7.14. The Morgan fingerprint density at radius 1 is 1.03 bits per heavy atom. The van der Waals surface area contributed by atoms with E-state index < -0.39 is 12.0 Å². The first kappa shape index (κ1) is 22.0. The molecule has 34 heavy (non-hydrogen) atoms. The van der Waals surface area contributed by atoms with Gasteiger partial charge in [-0.3, -0.25) is 19.8 Å². The van der Waals surface area contributed by atoms with Gasteiger partial charge < -0.3 is 5.32 Å². The van der Waals surface area contributed by atoms with Gasteiger partial charge in [0.25, 0.3) is 5.91 Å². The molecule has 6 nitrogen and oxygen atoms in total. The number of rotatable bonds is 5. The van der Waals surface area contributed by atoms with E-state index in [1.807, 2.05) is 29.7 Å². The van der Waals surface area contributed by atoms with Crippen LogP contribution >= 0.6 is 11.3 Å². The largest absolute Gasteiger partial charge is 0.340 e. The number of anilines is 1. The number of hydrazine groups is 1. The van der Waals surface area contributed by atoms with E-state index in [0.29, 0.717) is 24.1 Å². The molecule has 1 aromatic heterocycles. The fraction of sp³-hybridized carbons (Fsp3) is 0.192. The van der Waals surface area contributed by atoms with Gasteiger partial charge >= 0.3 is 0 Å². The molecule has 2 N–H and O–H groups in total. The lowest BCUT2D eigenvalue weighted by Crippen LogP contribution is -2.59. The van der Waals surface area contributed by atoms with Gasteiger partial charge in [-0.15, -0.1) is 11.3 Å². The van der Waals surface area contributed by atoms with Crippen LogP contribution in [0.15, 0.2) is 78.2 Å². The molecule has 3 amide bonds. The third kappa shape index (κ3) is 4.24. The van der Waals surface area contributed by atoms with Gasteiger partial charge in [-0.1, -0.05) is 36.4 Å². The number of fused-ring (bicyclic) bond motifs is 1. The molecule has 172 valence electrons. The number of carbonyl (C=O) groups excluding carboxylic acids is 3. The van der Waals surface area contributed by atoms with E-state index in [-0.39, 0.29) is 29.5 Å². The van der Waals surface area contributed by atoms with Crippen LogP contribution in [0.1, 0.15) is 39.7 Å². The van der Waals surface area contributed by atoms with Crippen molar-refractivity contribution >= 4 is 34.7 Å². The van der Waals surface area contributed by atoms with Crippen molar-refractivity contribution in [1.82, 2.24) is 10.7 Å². The molecule has 1 saturated heterocycles. The molecule has 1 aliphatic carbocycles. The van der Waals surface area contributed by atoms with Crippen LogP contribution in [0.3, 0.4) is 0 Å². The highest BCUT2D eigenvalue weighted by Gasteiger charge is 2.42. The smallest absolute Gasteiger partial charge is 0.252 e. The Labute approximate surface area is 200 Å². The van der Waals surface area contributed by atoms with E-state index in [9.17, 15) is 18.8 Å². The summed E-state index contributed by atoms with van der Waals surface area (Å²) in [5, 5.41) is 6.18. The van der Waals surface area contributed by atoms with Crippen molar-refractivity contribution in [3.05, 3.63) is 100 Å². The summed E-state index contributed by atoms with van der Waals surface area (Å²) < 4.78 is 13.5. The molecule has 3 aromatic rings. The molecule has 0 radical (unpaired) electrons. The molecule has 1 aliphatic heterocycles. The van der Waals surface area contributed by atoms with Crippen LogP contribution < -0.4 is 15.8 Å². The van der Waals surface area contributed by atoms with Crippen LogP contribution in [0.5, 0.6) is 0 Å². The maximum atomic E-state index is 13.5. The Balaban J connectivity index is 1.40. The number of amides is 3. The van der Waals surface area contributed by atoms with Gasteiger partial charge in [0.15, 0.2) is 0 Å². The average molecular weight is 476 g/mol. The second-order valence-electron chi connectivity index (χ2n) is 8.33. The summed E-state index contributed by atoms with van der Waals surface area (Å²) in [5.74, 6) is -1.84. The topological polar surface area (TPSA) is 78.5 Å². The summed E-state index contributed by atoms with van der Waals surface area (Å²) in [6.07, 6.45) is 4.93. The summed E-state index contributed by atoms with van der Waals surface area (Å²) >= 11 is 1.49. The minimum Gasteiger partial charge on any atom is -0.340 e. The summed E-state index contributed by atoms with van der Waals surface area (Å²) in [6, 6.07) is 16.0. The lowest BCUT2D eigenvalue weighted by Gasteiger charge is -2.38. The predicted molar refractivity (Wildman–Crippen MR) is 127 cm³/mol. The minimum atomic E-state index is -0.456. The van der Waals surface area contributed by atoms with Crippen molar-refractivity contribution in [2.45, 2.75) is 18.9 Å². The van der Waals surface area contributed by atoms with Gasteiger partial charge in [0.1, 0.15) is 5.82 Å². The normalized spacial score (nSPS) is 20.4. The summed E-state index contributed by atoms with van der Waals surface area (Å²) in [7, 11) is 0. The number of halogens is 1. The fourth-order valence-corrected chi connectivity index (χ4v) is 5.22. The second-order valence-corrected chi connectivity index (χ2v) is 9.31. The Hall–Kier alpha value is -3.78. The van der Waals surface area contributed by atoms with Gasteiger partial charge in [0.05, 0.1) is 23.6 Å². The van der Waals surface area contributed by atoms with E-state index in [4.69, 9.17) is 0 Å². The van der Waals surface area contributed by atoms with Crippen molar-refractivity contribution < 1.29 is 18.8 Å². The van der Waals surface area contributed by atoms with Gasteiger partial charge in [0.2, 0.25) is 11.8 Å². The molecule has 3 atom stereocenters. The molecular formula is C26H22FN3O3S. The zero-order valence-electron chi connectivity index (χ0n) is 18.1. The fourth-order valence-electron chi connectivity index (χ4n) is 4.41. The first-order valence-electron chi connectivity index (χ1n) is 11.0. The predicted octanol–water partition coefficient (Wildman–Crippen LogP) is 4.37. The third-order valence-electron chi connectivity index (χ3n) is 6.20. The second kappa shape index (κ2) is 9.23. The molecule has 1 fully saturated rings. The van der Waals surface area contributed by atoms with E-state index >= 15 is 0 Å². The molecule has 5 rings (SSSR count). The standard InChI is InChI=1S/C26H22FN3O3S/c27-18-12-10-16(11-13-18)23(22-9-4-14-34-22)28-24(31)17-5-3-6-19(15-17)30-26(33)21-8-2-1-7-20(21)25(32)29-30/h1-6,9-15,20-21,23H,7-8H2,(H,28,31)(H,29,32)/t20-,21+,23-/m1/s1. The van der Waals surface area contributed by atoms with Gasteiger partial charge in [0, 0.05) is 10.4 Å². The highest BCUT2D eigenvalue weighted by molar-refractivity contribution is 7.10. The zero-order chi connectivity index (χ0) is 23.7. The first-order chi connectivity index (χ1) is 16.5. The molecular weight excluding hydrogens is 453 g/mol. The molecule has 2 aliphatic rings. The molecule has 0 bridgehead atoms. The number of hydrogen-bond donors (Lipinski definition) is 2. The average Bonchev–Trinajstić information content (AvgIpc) is 3.40. The number of benzene rings is 2. The number of thiophene rings is 1. The van der Waals surface area contributed by atoms with Crippen LogP contribution in [0.4, 0.5) is 10.1 Å². The summed E-state index contributed by atoms with van der Waals surface area (Å²) in [5.41, 5.74) is 4.21. The quantitative estimate of drug-likeness (QED) is 0.538. The highest BCUT2D eigenvalue weighted by atomic mass is 32.1. The van der Waals surface area contributed by atoms with Crippen molar-refractivity contribution in [1.29, 1.82) is 0 Å². The molecule has 0 unspecified atom stereocenters. The van der Waals surface area contributed by atoms with Crippen molar-refractivity contribution in [2.75, 3.05) is 5.01 Å². The van der Waals surface area contributed by atoms with Crippen LogP contribution in [-0.4, -0.2) is 17.7 Å². The lowest BCUT2D eigenvalue weighted by molar-refractivity contribution is -0.139. The number of carbonyl (C=O) groups is 3. The summed E-state index contributed by atoms with van der Waals surface area (Å²) in [4.78, 5) is 39.8. The number of allylic oxidation sites excluding steroid dienone is 2. The van der Waals surface area contributed by atoms with E-state index in [1.165, 1.54) is 28.5 Å². The van der Waals surface area contributed by atoms with Crippen LogP contribution in [0.25, 0.3) is 0 Å². The minimum absolute atomic E-state index is 0.186. The maximum Gasteiger partial charge on any atom is 0.252 e. The van der Waals surface area contributed by atoms with E-state index in [1.54, 1.807) is 36.4 Å². The Kier molecular flexibility index (Phi) is 5.98. The Morgan fingerprint density at radius 2 is 1.79 bits per heavy atom. The SMILES string of the molecule is O=C(N[C@H](c1ccc(F)cc1)c1cccs1)c1cccc(N2NC(=O)[C@@H]3CC=CC[C@@H]3C2=O)c1. The molecule has 0 saturated carbocycles. The van der Waals surface area contributed by atoms with Crippen LogP contribution in [0, 0.1) is 17.7 Å². The van der Waals surface area contributed by atoms with E-state index in [0.717, 1.165) is 10.4 Å². The molecule has 8 heteroatoms. The zero-order valence-corrected chi connectivity index (χ0v) is 18.9. The first-order valence-corrected chi connectivity index (χ1v) is 11.9. The molecule has 2 heterocycles. The van der Waals surface area contributed by atoms with Crippen LogP contribution in [0.2, 0.25) is 0 Å². The Bertz CT molecular complexity index is 1260. The highest BCUT2D eigenvalue weighted by Crippen LogP contribution is 2.33. The van der Waals surface area contributed by atoms with Crippen LogP contribution in [-0.2, 0) is 9.59 Å². The number of nitrogens with one attached hydrogen (secondary N) is 2. The van der Waals surface area contributed by atoms with Crippen molar-refractivity contribution in [3.8, 4) is 0 Å². The van der Waals surface area contributed by atoms with Gasteiger partial charge in [-0.2, -0.15) is 0 Å². The molecule has 2 aromatic carbocycles. The maximum absolute atomic E-state index is 13.5.